The molecule has 2 rings (SSSR count). The lowest BCUT2D eigenvalue weighted by Gasteiger charge is -2.23. The number of nitrogens with zero attached hydrogens (tertiary/aromatic N) is 1. The Hall–Kier alpha value is -2.50. The molecule has 0 saturated heterocycles. The molecule has 0 spiro atoms. The highest BCUT2D eigenvalue weighted by Gasteiger charge is 2.42. The second kappa shape index (κ2) is 6.73. The zero-order valence-electron chi connectivity index (χ0n) is 13.5. The Bertz CT molecular complexity index is 667. The van der Waals surface area contributed by atoms with Crippen LogP contribution in [0.4, 0.5) is 0 Å². The number of benzene rings is 1. The Morgan fingerprint density at radius 3 is 2.43 bits per heavy atom. The fourth-order valence-corrected chi connectivity index (χ4v) is 2.72. The molecule has 1 aromatic rings. The van der Waals surface area contributed by atoms with E-state index in [9.17, 15) is 19.2 Å². The van der Waals surface area contributed by atoms with Gasteiger partial charge in [0.15, 0.2) is 0 Å². The third kappa shape index (κ3) is 3.02. The first-order valence-corrected chi connectivity index (χ1v) is 7.68. The maximum atomic E-state index is 12.6. The van der Waals surface area contributed by atoms with Crippen LogP contribution in [0.25, 0.3) is 0 Å². The number of carbonyl (C=O) groups is 4. The van der Waals surface area contributed by atoms with Crippen molar-refractivity contribution in [3.63, 3.8) is 0 Å². The normalized spacial score (nSPS) is 14.9. The number of carbonyl (C=O) groups excluding carboxylic acids is 4. The van der Waals surface area contributed by atoms with Crippen LogP contribution in [0.2, 0.25) is 0 Å². The first kappa shape index (κ1) is 16.9. The summed E-state index contributed by atoms with van der Waals surface area (Å²) in [6, 6.07) is 4.19. The minimum absolute atomic E-state index is 0.224. The molecule has 23 heavy (non-hydrogen) atoms. The third-order valence-electron chi connectivity index (χ3n) is 3.99. The molecule has 0 bridgehead atoms. The van der Waals surface area contributed by atoms with Crippen molar-refractivity contribution in [3.8, 4) is 0 Å². The van der Waals surface area contributed by atoms with E-state index in [0.29, 0.717) is 24.0 Å². The zero-order valence-corrected chi connectivity index (χ0v) is 13.5. The average Bonchev–Trinajstić information content (AvgIpc) is 2.76. The molecule has 122 valence electrons. The van der Waals surface area contributed by atoms with Gasteiger partial charge in [0.25, 0.3) is 11.8 Å². The number of imide groups is 2. The van der Waals surface area contributed by atoms with Gasteiger partial charge in [-0.05, 0) is 30.0 Å². The number of hydrogen-bond donors (Lipinski definition) is 1. The largest absolute Gasteiger partial charge is 0.297 e. The van der Waals surface area contributed by atoms with Crippen LogP contribution in [0.3, 0.4) is 0 Å². The van der Waals surface area contributed by atoms with E-state index in [0.717, 1.165) is 10.5 Å². The van der Waals surface area contributed by atoms with Crippen LogP contribution in [-0.2, 0) is 9.59 Å². The van der Waals surface area contributed by atoms with Crippen molar-refractivity contribution in [1.29, 1.82) is 0 Å². The Labute approximate surface area is 134 Å². The number of amides is 4. The molecule has 1 heterocycles. The summed E-state index contributed by atoms with van der Waals surface area (Å²) in [6.45, 7) is 5.84. The molecular weight excluding hydrogens is 296 g/mol. The van der Waals surface area contributed by atoms with Crippen molar-refractivity contribution in [2.45, 2.75) is 45.6 Å². The smallest absolute Gasteiger partial charge is 0.262 e. The van der Waals surface area contributed by atoms with Crippen molar-refractivity contribution in [1.82, 2.24) is 10.2 Å². The maximum Gasteiger partial charge on any atom is 0.262 e. The zero-order chi connectivity index (χ0) is 17.1. The number of rotatable bonds is 6. The first-order valence-electron chi connectivity index (χ1n) is 7.68. The summed E-state index contributed by atoms with van der Waals surface area (Å²) >= 11 is 0. The Balaban J connectivity index is 2.41. The van der Waals surface area contributed by atoms with Gasteiger partial charge in [0, 0.05) is 0 Å². The molecular formula is C17H20N2O4. The molecule has 1 aliphatic heterocycles. The van der Waals surface area contributed by atoms with E-state index < -0.39 is 23.8 Å². The minimum Gasteiger partial charge on any atom is -0.297 e. The fraction of sp³-hybridized carbons (Fsp3) is 0.412. The summed E-state index contributed by atoms with van der Waals surface area (Å²) in [7, 11) is 0. The molecule has 1 aliphatic rings. The van der Waals surface area contributed by atoms with Crippen molar-refractivity contribution >= 4 is 24.1 Å². The van der Waals surface area contributed by atoms with Crippen LogP contribution in [0.15, 0.2) is 18.2 Å². The van der Waals surface area contributed by atoms with Crippen LogP contribution >= 0.6 is 0 Å². The van der Waals surface area contributed by atoms with Crippen molar-refractivity contribution in [2.24, 2.45) is 0 Å². The lowest BCUT2D eigenvalue weighted by atomic mass is 9.98. The second-order valence-corrected chi connectivity index (χ2v) is 5.87. The van der Waals surface area contributed by atoms with Crippen molar-refractivity contribution in [2.75, 3.05) is 0 Å². The molecule has 1 aromatic carbocycles. The van der Waals surface area contributed by atoms with Gasteiger partial charge in [0.2, 0.25) is 12.3 Å². The quantitative estimate of drug-likeness (QED) is 0.641. The standard InChI is InChI=1S/C17H20N2O4/c1-4-5-14(15(21)18-9-20)19-16(22)12-7-6-11(10(2)3)8-13(12)17(19)23/h6-10,14H,4-5H2,1-3H3,(H,18,20,21). The van der Waals surface area contributed by atoms with E-state index >= 15 is 0 Å². The molecule has 6 heteroatoms. The van der Waals surface area contributed by atoms with Gasteiger partial charge in [0.1, 0.15) is 6.04 Å². The van der Waals surface area contributed by atoms with Gasteiger partial charge in [-0.2, -0.15) is 0 Å². The molecule has 4 amide bonds. The summed E-state index contributed by atoms with van der Waals surface area (Å²) in [5.41, 5.74) is 1.58. The van der Waals surface area contributed by atoms with Gasteiger partial charge in [-0.1, -0.05) is 33.3 Å². The van der Waals surface area contributed by atoms with Gasteiger partial charge in [-0.3, -0.25) is 29.4 Å². The minimum atomic E-state index is -0.972. The number of fused-ring (bicyclic) bond motifs is 1. The lowest BCUT2D eigenvalue weighted by molar-refractivity contribution is -0.128. The predicted octanol–water partition coefficient (Wildman–Crippen LogP) is 1.85. The van der Waals surface area contributed by atoms with E-state index in [1.54, 1.807) is 12.1 Å². The highest BCUT2D eigenvalue weighted by atomic mass is 16.2. The maximum absolute atomic E-state index is 12.6. The van der Waals surface area contributed by atoms with Gasteiger partial charge < -0.3 is 0 Å². The summed E-state index contributed by atoms with van der Waals surface area (Å²) in [5, 5.41) is 2.04. The van der Waals surface area contributed by atoms with E-state index in [4.69, 9.17) is 0 Å². The third-order valence-corrected chi connectivity index (χ3v) is 3.99. The summed E-state index contributed by atoms with van der Waals surface area (Å²) in [6.07, 6.45) is 1.17. The highest BCUT2D eigenvalue weighted by Crippen LogP contribution is 2.29. The molecule has 0 aliphatic carbocycles. The Morgan fingerprint density at radius 1 is 1.22 bits per heavy atom. The number of nitrogens with one attached hydrogen (secondary N) is 1. The highest BCUT2D eigenvalue weighted by molar-refractivity contribution is 6.23. The topological polar surface area (TPSA) is 83.6 Å². The van der Waals surface area contributed by atoms with E-state index in [-0.39, 0.29) is 12.3 Å². The molecule has 1 unspecified atom stereocenters. The van der Waals surface area contributed by atoms with Gasteiger partial charge in [-0.15, -0.1) is 0 Å². The molecule has 0 fully saturated rings. The van der Waals surface area contributed by atoms with Crippen LogP contribution in [0.1, 0.15) is 65.8 Å². The van der Waals surface area contributed by atoms with Gasteiger partial charge in [0.05, 0.1) is 11.1 Å². The van der Waals surface area contributed by atoms with Crippen LogP contribution in [0, 0.1) is 0 Å². The summed E-state index contributed by atoms with van der Waals surface area (Å²) < 4.78 is 0. The predicted molar refractivity (Wildman–Crippen MR) is 83.9 cm³/mol. The SMILES string of the molecule is CCCC(C(=O)NC=O)N1C(=O)c2ccc(C(C)C)cc2C1=O. The fourth-order valence-electron chi connectivity index (χ4n) is 2.72. The van der Waals surface area contributed by atoms with Crippen LogP contribution in [-0.4, -0.2) is 35.1 Å². The first-order chi connectivity index (χ1) is 10.9. The van der Waals surface area contributed by atoms with Crippen molar-refractivity contribution < 1.29 is 19.2 Å². The van der Waals surface area contributed by atoms with Crippen LogP contribution < -0.4 is 5.32 Å². The number of hydrogen-bond acceptors (Lipinski definition) is 4. The average molecular weight is 316 g/mol. The summed E-state index contributed by atoms with van der Waals surface area (Å²) in [5.74, 6) is -1.38. The lowest BCUT2D eigenvalue weighted by Crippen LogP contribution is -2.49. The Morgan fingerprint density at radius 2 is 1.87 bits per heavy atom. The molecule has 1 N–H and O–H groups in total. The molecule has 0 aromatic heterocycles. The van der Waals surface area contributed by atoms with E-state index in [1.807, 2.05) is 32.2 Å². The van der Waals surface area contributed by atoms with E-state index in [1.165, 1.54) is 0 Å². The van der Waals surface area contributed by atoms with Crippen LogP contribution in [0.5, 0.6) is 0 Å². The monoisotopic (exact) mass is 316 g/mol. The van der Waals surface area contributed by atoms with E-state index in [2.05, 4.69) is 0 Å². The molecule has 0 radical (unpaired) electrons. The molecule has 1 atom stereocenters. The van der Waals surface area contributed by atoms with Gasteiger partial charge in [-0.25, -0.2) is 0 Å². The second-order valence-electron chi connectivity index (χ2n) is 5.87. The molecule has 0 saturated carbocycles. The summed E-state index contributed by atoms with van der Waals surface area (Å²) in [4.78, 5) is 48.7. The van der Waals surface area contributed by atoms with Gasteiger partial charge >= 0.3 is 0 Å². The Kier molecular flexibility index (Phi) is 4.93. The molecule has 6 nitrogen and oxygen atoms in total. The van der Waals surface area contributed by atoms with Crippen molar-refractivity contribution in [3.05, 3.63) is 34.9 Å².